The molecule has 1 aromatic heterocycles. The number of nitrogens with zero attached hydrogens (tertiary/aromatic N) is 2. The van der Waals surface area contributed by atoms with Gasteiger partial charge in [0.1, 0.15) is 5.75 Å². The van der Waals surface area contributed by atoms with Gasteiger partial charge in [0, 0.05) is 23.5 Å². The van der Waals surface area contributed by atoms with Gasteiger partial charge in [0.2, 0.25) is 0 Å². The number of pyridine rings is 1. The Morgan fingerprint density at radius 1 is 1.21 bits per heavy atom. The van der Waals surface area contributed by atoms with Crippen LogP contribution in [0.25, 0.3) is 0 Å². The number of oxime groups is 1. The van der Waals surface area contributed by atoms with Crippen LogP contribution >= 0.6 is 0 Å². The Morgan fingerprint density at radius 2 is 2.00 bits per heavy atom. The summed E-state index contributed by atoms with van der Waals surface area (Å²) in [5.41, 5.74) is 2.30. The number of hydrogen-bond acceptors (Lipinski definition) is 4. The first kappa shape index (κ1) is 12.7. The van der Waals surface area contributed by atoms with Crippen molar-refractivity contribution in [1.29, 1.82) is 0 Å². The van der Waals surface area contributed by atoms with E-state index in [1.165, 1.54) is 6.21 Å². The van der Waals surface area contributed by atoms with Crippen LogP contribution in [0.4, 0.5) is 0 Å². The summed E-state index contributed by atoms with van der Waals surface area (Å²) in [6.45, 7) is 0. The van der Waals surface area contributed by atoms with Crippen LogP contribution < -0.4 is 4.74 Å². The lowest BCUT2D eigenvalue weighted by Gasteiger charge is -1.98. The van der Waals surface area contributed by atoms with Crippen LogP contribution in [0, 0.1) is 11.8 Å². The van der Waals surface area contributed by atoms with Gasteiger partial charge in [0.05, 0.1) is 18.9 Å². The predicted molar refractivity (Wildman–Crippen MR) is 72.6 cm³/mol. The molecule has 0 aliphatic rings. The first-order valence-corrected chi connectivity index (χ1v) is 5.61. The van der Waals surface area contributed by atoms with Gasteiger partial charge in [-0.2, -0.15) is 0 Å². The number of methoxy groups -OCH3 is 1. The summed E-state index contributed by atoms with van der Waals surface area (Å²) in [5, 5.41) is 11.6. The molecule has 0 bridgehead atoms. The van der Waals surface area contributed by atoms with Crippen LogP contribution in [0.1, 0.15) is 16.7 Å². The van der Waals surface area contributed by atoms with Crippen molar-refractivity contribution in [2.45, 2.75) is 0 Å². The first-order chi connectivity index (χ1) is 9.33. The van der Waals surface area contributed by atoms with E-state index in [-0.39, 0.29) is 0 Å². The minimum atomic E-state index is 0.705. The van der Waals surface area contributed by atoms with E-state index in [0.717, 1.165) is 16.9 Å². The summed E-state index contributed by atoms with van der Waals surface area (Å²) >= 11 is 0. The van der Waals surface area contributed by atoms with E-state index in [1.807, 2.05) is 24.3 Å². The first-order valence-electron chi connectivity index (χ1n) is 5.61. The van der Waals surface area contributed by atoms with Gasteiger partial charge in [-0.05, 0) is 30.3 Å². The zero-order valence-electron chi connectivity index (χ0n) is 10.4. The number of hydrogen-bond donors (Lipinski definition) is 1. The predicted octanol–water partition coefficient (Wildman–Crippen LogP) is 2.30. The van der Waals surface area contributed by atoms with Crippen molar-refractivity contribution in [3.63, 3.8) is 0 Å². The molecule has 1 N–H and O–H groups in total. The molecule has 2 rings (SSSR count). The van der Waals surface area contributed by atoms with Crippen LogP contribution in [0.3, 0.4) is 0 Å². The van der Waals surface area contributed by atoms with Crippen LogP contribution in [-0.4, -0.2) is 23.5 Å². The standard InChI is InChI=1S/C15H12N2O2/c1-19-15-6-3-12(4-7-15)2-5-13-10-16-9-8-14(13)11-17-18/h3-4,6-11,18H,1H3/b17-11+. The minimum Gasteiger partial charge on any atom is -0.497 e. The second kappa shape index (κ2) is 6.22. The van der Waals surface area contributed by atoms with Crippen molar-refractivity contribution in [2.24, 2.45) is 5.16 Å². The third kappa shape index (κ3) is 3.33. The molecule has 0 radical (unpaired) electrons. The van der Waals surface area contributed by atoms with Gasteiger partial charge in [-0.1, -0.05) is 17.0 Å². The van der Waals surface area contributed by atoms with Crippen molar-refractivity contribution in [1.82, 2.24) is 4.98 Å². The van der Waals surface area contributed by atoms with Gasteiger partial charge in [-0.3, -0.25) is 4.98 Å². The van der Waals surface area contributed by atoms with Gasteiger partial charge in [-0.25, -0.2) is 0 Å². The summed E-state index contributed by atoms with van der Waals surface area (Å²) in [6.07, 6.45) is 4.59. The lowest BCUT2D eigenvalue weighted by Crippen LogP contribution is -1.89. The van der Waals surface area contributed by atoms with E-state index in [9.17, 15) is 0 Å². The Kier molecular flexibility index (Phi) is 4.14. The molecule has 0 amide bonds. The normalized spacial score (nSPS) is 9.95. The SMILES string of the molecule is COc1ccc(C#Cc2cnccc2/C=N/O)cc1. The summed E-state index contributed by atoms with van der Waals surface area (Å²) in [4.78, 5) is 4.00. The van der Waals surface area contributed by atoms with Crippen LogP contribution in [-0.2, 0) is 0 Å². The largest absolute Gasteiger partial charge is 0.497 e. The van der Waals surface area contributed by atoms with Crippen LogP contribution in [0.15, 0.2) is 47.9 Å². The van der Waals surface area contributed by atoms with E-state index >= 15 is 0 Å². The molecular weight excluding hydrogens is 240 g/mol. The molecular formula is C15H12N2O2. The maximum atomic E-state index is 8.57. The third-order valence-corrected chi connectivity index (χ3v) is 2.48. The highest BCUT2D eigenvalue weighted by molar-refractivity contribution is 5.82. The van der Waals surface area contributed by atoms with Gasteiger partial charge >= 0.3 is 0 Å². The molecule has 94 valence electrons. The number of rotatable bonds is 2. The molecule has 0 saturated carbocycles. The Balaban J connectivity index is 2.28. The average molecular weight is 252 g/mol. The average Bonchev–Trinajstić information content (AvgIpc) is 2.47. The third-order valence-electron chi connectivity index (χ3n) is 2.48. The summed E-state index contributed by atoms with van der Waals surface area (Å²) in [7, 11) is 1.62. The maximum Gasteiger partial charge on any atom is 0.118 e. The van der Waals surface area contributed by atoms with E-state index in [0.29, 0.717) is 5.56 Å². The van der Waals surface area contributed by atoms with E-state index in [2.05, 4.69) is 22.0 Å². The van der Waals surface area contributed by atoms with Gasteiger partial charge < -0.3 is 9.94 Å². The van der Waals surface area contributed by atoms with E-state index < -0.39 is 0 Å². The highest BCUT2D eigenvalue weighted by atomic mass is 16.5. The number of benzene rings is 1. The van der Waals surface area contributed by atoms with Crippen LogP contribution in [0.2, 0.25) is 0 Å². The Bertz CT molecular complexity index is 637. The molecule has 0 aliphatic carbocycles. The fourth-order valence-electron chi connectivity index (χ4n) is 1.50. The van der Waals surface area contributed by atoms with E-state index in [4.69, 9.17) is 9.94 Å². The molecule has 1 aromatic carbocycles. The Hall–Kier alpha value is -2.80. The Morgan fingerprint density at radius 3 is 2.68 bits per heavy atom. The molecule has 2 aromatic rings. The van der Waals surface area contributed by atoms with Crippen molar-refractivity contribution in [2.75, 3.05) is 7.11 Å². The van der Waals surface area contributed by atoms with Crippen molar-refractivity contribution < 1.29 is 9.94 Å². The molecule has 0 spiro atoms. The smallest absolute Gasteiger partial charge is 0.118 e. The van der Waals surface area contributed by atoms with Gasteiger partial charge in [0.25, 0.3) is 0 Å². The van der Waals surface area contributed by atoms with Crippen molar-refractivity contribution >= 4 is 6.21 Å². The quantitative estimate of drug-likeness (QED) is 0.386. The zero-order valence-corrected chi connectivity index (χ0v) is 10.4. The fraction of sp³-hybridized carbons (Fsp3) is 0.0667. The minimum absolute atomic E-state index is 0.705. The lowest BCUT2D eigenvalue weighted by molar-refractivity contribution is 0.322. The van der Waals surface area contributed by atoms with E-state index in [1.54, 1.807) is 25.6 Å². The molecule has 0 unspecified atom stereocenters. The second-order valence-electron chi connectivity index (χ2n) is 3.69. The molecule has 1 heterocycles. The number of aromatic nitrogens is 1. The molecule has 4 heteroatoms. The molecule has 0 saturated heterocycles. The lowest BCUT2D eigenvalue weighted by atomic mass is 10.1. The topological polar surface area (TPSA) is 54.7 Å². The summed E-state index contributed by atoms with van der Waals surface area (Å²) < 4.78 is 5.08. The van der Waals surface area contributed by atoms with Gasteiger partial charge in [-0.15, -0.1) is 0 Å². The molecule has 19 heavy (non-hydrogen) atoms. The second-order valence-corrected chi connectivity index (χ2v) is 3.69. The van der Waals surface area contributed by atoms with Gasteiger partial charge in [0.15, 0.2) is 0 Å². The summed E-state index contributed by atoms with van der Waals surface area (Å²) in [5.74, 6) is 6.81. The maximum absolute atomic E-state index is 8.57. The van der Waals surface area contributed by atoms with Crippen LogP contribution in [0.5, 0.6) is 5.75 Å². The molecule has 0 aliphatic heterocycles. The van der Waals surface area contributed by atoms with Crippen molar-refractivity contribution in [3.8, 4) is 17.6 Å². The van der Waals surface area contributed by atoms with Crippen molar-refractivity contribution in [3.05, 3.63) is 59.4 Å². The molecule has 4 nitrogen and oxygen atoms in total. The zero-order chi connectivity index (χ0) is 13.5. The summed E-state index contributed by atoms with van der Waals surface area (Å²) in [6, 6.07) is 9.19. The highest BCUT2D eigenvalue weighted by Crippen LogP contribution is 2.10. The Labute approximate surface area is 111 Å². The monoisotopic (exact) mass is 252 g/mol. The highest BCUT2D eigenvalue weighted by Gasteiger charge is 1.96. The fourth-order valence-corrected chi connectivity index (χ4v) is 1.50. The number of ether oxygens (including phenoxy) is 1. The molecule has 0 fully saturated rings. The molecule has 0 atom stereocenters.